The Hall–Kier alpha value is -0.200. The van der Waals surface area contributed by atoms with Gasteiger partial charge in [-0.3, -0.25) is 5.32 Å². The smallest absolute Gasteiger partial charge is 0.157 e. The summed E-state index contributed by atoms with van der Waals surface area (Å²) in [6.45, 7) is 5.85. The summed E-state index contributed by atoms with van der Waals surface area (Å²) in [4.78, 5) is 0. The summed E-state index contributed by atoms with van der Waals surface area (Å²) >= 11 is 0. The van der Waals surface area contributed by atoms with Crippen molar-refractivity contribution in [3.05, 3.63) is 0 Å². The molecule has 0 saturated carbocycles. The highest BCUT2D eigenvalue weighted by Gasteiger charge is 2.07. The number of nitrogens with one attached hydrogen (secondary N) is 1. The molecule has 16 heavy (non-hydrogen) atoms. The van der Waals surface area contributed by atoms with Gasteiger partial charge in [-0.15, -0.1) is 0 Å². The van der Waals surface area contributed by atoms with Gasteiger partial charge in [-0.1, -0.05) is 0 Å². The third-order valence-corrected chi connectivity index (χ3v) is 2.10. The highest BCUT2D eigenvalue weighted by Crippen LogP contribution is 2.03. The van der Waals surface area contributed by atoms with E-state index < -0.39 is 6.23 Å². The molecule has 1 atom stereocenters. The maximum absolute atomic E-state index is 9.29. The van der Waals surface area contributed by atoms with Crippen molar-refractivity contribution in [3.8, 4) is 0 Å². The Morgan fingerprint density at radius 3 is 2.25 bits per heavy atom. The summed E-state index contributed by atoms with van der Waals surface area (Å²) in [6.07, 6.45) is 1.27. The van der Waals surface area contributed by atoms with Gasteiger partial charge >= 0.3 is 0 Å². The lowest BCUT2D eigenvalue weighted by Gasteiger charge is -2.17. The van der Waals surface area contributed by atoms with E-state index >= 15 is 0 Å². The molecule has 0 aromatic heterocycles. The van der Waals surface area contributed by atoms with Gasteiger partial charge in [0, 0.05) is 26.2 Å². The zero-order chi connectivity index (χ0) is 12.2. The average Bonchev–Trinajstić information content (AvgIpc) is 2.25. The molecule has 0 aliphatic rings. The van der Waals surface area contributed by atoms with Crippen LogP contribution in [0.4, 0.5) is 0 Å². The van der Waals surface area contributed by atoms with Gasteiger partial charge in [0.05, 0.1) is 0 Å². The molecule has 0 spiro atoms. The van der Waals surface area contributed by atoms with Gasteiger partial charge in [-0.2, -0.15) is 0 Å². The van der Waals surface area contributed by atoms with E-state index in [-0.39, 0.29) is 12.9 Å². The molecule has 0 radical (unpaired) electrons. The number of aliphatic hydroxyl groups excluding tert-OH is 2. The minimum Gasteiger partial charge on any atom is -0.396 e. The molecule has 0 saturated heterocycles. The Morgan fingerprint density at radius 1 is 1.12 bits per heavy atom. The minimum absolute atomic E-state index is 0.00527. The highest BCUT2D eigenvalue weighted by molar-refractivity contribution is 4.55. The molecule has 0 rings (SSSR count). The first-order valence-electron chi connectivity index (χ1n) is 6.00. The maximum Gasteiger partial charge on any atom is 0.157 e. The molecule has 5 nitrogen and oxygen atoms in total. The Bertz CT molecular complexity index is 140. The van der Waals surface area contributed by atoms with Crippen LogP contribution in [0.1, 0.15) is 33.1 Å². The largest absolute Gasteiger partial charge is 0.396 e. The first-order valence-corrected chi connectivity index (χ1v) is 6.00. The lowest BCUT2D eigenvalue weighted by Crippen LogP contribution is -2.31. The van der Waals surface area contributed by atoms with Crippen LogP contribution in [0.5, 0.6) is 0 Å². The van der Waals surface area contributed by atoms with Crippen LogP contribution in [0.3, 0.4) is 0 Å². The van der Waals surface area contributed by atoms with Gasteiger partial charge in [0.2, 0.25) is 0 Å². The molecule has 0 bridgehead atoms. The van der Waals surface area contributed by atoms with Crippen molar-refractivity contribution in [2.24, 2.45) is 0 Å². The topological polar surface area (TPSA) is 71.0 Å². The summed E-state index contributed by atoms with van der Waals surface area (Å²) < 4.78 is 10.8. The number of aliphatic hydroxyl groups is 2. The second-order valence-electron chi connectivity index (χ2n) is 3.46. The zero-order valence-corrected chi connectivity index (χ0v) is 10.3. The molecule has 1 unspecified atom stereocenters. The maximum atomic E-state index is 9.29. The molecule has 0 aliphatic heterocycles. The van der Waals surface area contributed by atoms with Crippen LogP contribution in [0.15, 0.2) is 0 Å². The van der Waals surface area contributed by atoms with Gasteiger partial charge in [0.15, 0.2) is 6.29 Å². The minimum atomic E-state index is -0.623. The van der Waals surface area contributed by atoms with Crippen LogP contribution >= 0.6 is 0 Å². The van der Waals surface area contributed by atoms with Crippen LogP contribution in [0, 0.1) is 0 Å². The summed E-state index contributed by atoms with van der Waals surface area (Å²) in [5, 5.41) is 20.8. The molecule has 0 aromatic rings. The summed E-state index contributed by atoms with van der Waals surface area (Å²) in [6, 6.07) is 0. The molecule has 98 valence electrons. The van der Waals surface area contributed by atoms with Crippen molar-refractivity contribution in [2.45, 2.75) is 45.6 Å². The predicted octanol–water partition coefficient (Wildman–Crippen LogP) is 0.456. The number of ether oxygens (including phenoxy) is 2. The Balaban J connectivity index is 3.45. The first kappa shape index (κ1) is 15.8. The predicted molar refractivity (Wildman–Crippen MR) is 62.0 cm³/mol. The molecule has 0 aliphatic carbocycles. The van der Waals surface area contributed by atoms with Crippen molar-refractivity contribution >= 4 is 0 Å². The van der Waals surface area contributed by atoms with Gasteiger partial charge < -0.3 is 19.7 Å². The van der Waals surface area contributed by atoms with Crippen molar-refractivity contribution < 1.29 is 19.7 Å². The van der Waals surface area contributed by atoms with Gasteiger partial charge in [-0.25, -0.2) is 0 Å². The van der Waals surface area contributed by atoms with Crippen molar-refractivity contribution in [1.29, 1.82) is 0 Å². The van der Waals surface area contributed by atoms with Crippen LogP contribution in [0.2, 0.25) is 0 Å². The summed E-state index contributed by atoms with van der Waals surface area (Å²) in [5.41, 5.74) is 0. The molecular formula is C11H25NO4. The molecule has 5 heteroatoms. The van der Waals surface area contributed by atoms with Gasteiger partial charge in [-0.05, 0) is 33.2 Å². The van der Waals surface area contributed by atoms with Crippen molar-refractivity contribution in [3.63, 3.8) is 0 Å². The molecule has 0 fully saturated rings. The third-order valence-electron chi connectivity index (χ3n) is 2.10. The quantitative estimate of drug-likeness (QED) is 0.358. The lowest BCUT2D eigenvalue weighted by molar-refractivity contribution is -0.140. The fourth-order valence-corrected chi connectivity index (χ4v) is 1.35. The average molecular weight is 235 g/mol. The van der Waals surface area contributed by atoms with Gasteiger partial charge in [0.25, 0.3) is 0 Å². The van der Waals surface area contributed by atoms with Crippen molar-refractivity contribution in [1.82, 2.24) is 5.32 Å². The summed E-state index contributed by atoms with van der Waals surface area (Å²) in [5.74, 6) is 0. The summed E-state index contributed by atoms with van der Waals surface area (Å²) in [7, 11) is 0. The zero-order valence-electron chi connectivity index (χ0n) is 10.3. The van der Waals surface area contributed by atoms with E-state index in [0.717, 1.165) is 12.8 Å². The highest BCUT2D eigenvalue weighted by atomic mass is 16.7. The second-order valence-corrected chi connectivity index (χ2v) is 3.46. The fraction of sp³-hybridized carbons (Fsp3) is 1.00. The molecule has 0 heterocycles. The standard InChI is InChI=1S/C11H25NO4/c1-3-15-11(16-4-2)6-5-8-12-10(14)7-9-13/h10-14H,3-9H2,1-2H3. The molecular weight excluding hydrogens is 210 g/mol. The molecule has 0 amide bonds. The monoisotopic (exact) mass is 235 g/mol. The number of rotatable bonds is 11. The molecule has 0 aromatic carbocycles. The van der Waals surface area contributed by atoms with E-state index in [1.165, 1.54) is 0 Å². The molecule has 3 N–H and O–H groups in total. The van der Waals surface area contributed by atoms with E-state index in [0.29, 0.717) is 26.2 Å². The van der Waals surface area contributed by atoms with Crippen LogP contribution in [-0.2, 0) is 9.47 Å². The SMILES string of the molecule is CCOC(CCCNC(O)CCO)OCC. The van der Waals surface area contributed by atoms with E-state index in [1.54, 1.807) is 0 Å². The number of hydrogen-bond acceptors (Lipinski definition) is 5. The second kappa shape index (κ2) is 11.3. The van der Waals surface area contributed by atoms with Crippen LogP contribution < -0.4 is 5.32 Å². The van der Waals surface area contributed by atoms with Gasteiger partial charge in [0.1, 0.15) is 6.23 Å². The Morgan fingerprint density at radius 2 is 1.75 bits per heavy atom. The normalized spacial score (nSPS) is 13.3. The fourth-order valence-electron chi connectivity index (χ4n) is 1.35. The Labute approximate surface area is 97.8 Å². The lowest BCUT2D eigenvalue weighted by atomic mass is 10.3. The van der Waals surface area contributed by atoms with Crippen molar-refractivity contribution in [2.75, 3.05) is 26.4 Å². The van der Waals surface area contributed by atoms with Crippen LogP contribution in [-0.4, -0.2) is 49.1 Å². The third kappa shape index (κ3) is 9.06. The van der Waals surface area contributed by atoms with E-state index in [2.05, 4.69) is 5.32 Å². The van der Waals surface area contributed by atoms with E-state index in [4.69, 9.17) is 14.6 Å². The first-order chi connectivity index (χ1) is 7.74. The van der Waals surface area contributed by atoms with E-state index in [1.807, 2.05) is 13.8 Å². The Kier molecular flexibility index (Phi) is 11.1. The van der Waals surface area contributed by atoms with E-state index in [9.17, 15) is 5.11 Å². The number of hydrogen-bond donors (Lipinski definition) is 3. The van der Waals surface area contributed by atoms with Crippen LogP contribution in [0.25, 0.3) is 0 Å².